The van der Waals surface area contributed by atoms with Crippen LogP contribution in [0.5, 0.6) is 5.75 Å². The lowest BCUT2D eigenvalue weighted by Crippen LogP contribution is -2.60. The van der Waals surface area contributed by atoms with Gasteiger partial charge in [-0.1, -0.05) is 12.1 Å². The van der Waals surface area contributed by atoms with Crippen LogP contribution in [0.3, 0.4) is 0 Å². The monoisotopic (exact) mass is 484 g/mol. The summed E-state index contributed by atoms with van der Waals surface area (Å²) in [4.78, 5) is 11.2. The average molecular weight is 484 g/mol. The Balaban J connectivity index is 2.51. The molecule has 0 saturated carbocycles. The summed E-state index contributed by atoms with van der Waals surface area (Å²) in [5.41, 5.74) is 0.648. The maximum Gasteiger partial charge on any atom is 0.460 e. The minimum absolute atomic E-state index is 0.0944. The second-order valence-corrected chi connectivity index (χ2v) is 6.89. The third-order valence-electron chi connectivity index (χ3n) is 4.28. The first-order valence-corrected chi connectivity index (χ1v) is 9.14. The van der Waals surface area contributed by atoms with Crippen LogP contribution >= 0.6 is 0 Å². The Labute approximate surface area is 177 Å². The van der Waals surface area contributed by atoms with E-state index in [-0.39, 0.29) is 19.0 Å². The van der Waals surface area contributed by atoms with E-state index in [0.29, 0.717) is 5.56 Å². The highest BCUT2D eigenvalue weighted by atomic mass is 19.4. The highest BCUT2D eigenvalue weighted by Crippen LogP contribution is 2.54. The van der Waals surface area contributed by atoms with Gasteiger partial charge in [-0.2, -0.15) is 39.5 Å². The number of benzene rings is 1. The van der Waals surface area contributed by atoms with Gasteiger partial charge in [-0.25, -0.2) is 0 Å². The van der Waals surface area contributed by atoms with Crippen LogP contribution in [-0.4, -0.2) is 50.2 Å². The molecule has 1 atom stereocenters. The Morgan fingerprint density at radius 3 is 2.00 bits per heavy atom. The molecule has 0 bridgehead atoms. The lowest BCUT2D eigenvalue weighted by molar-refractivity contribution is -0.396. The Hall–Kier alpha value is -2.18. The van der Waals surface area contributed by atoms with Crippen molar-refractivity contribution in [3.63, 3.8) is 0 Å². The minimum atomic E-state index is -6.89. The van der Waals surface area contributed by atoms with Gasteiger partial charge < -0.3 is 14.2 Å². The highest BCUT2D eigenvalue weighted by molar-refractivity contribution is 5.71. The Morgan fingerprint density at radius 2 is 1.50 bits per heavy atom. The molecule has 13 heteroatoms. The third kappa shape index (κ3) is 6.66. The smallest absolute Gasteiger partial charge is 0.460 e. The number of esters is 1. The number of alkyl halides is 9. The van der Waals surface area contributed by atoms with Gasteiger partial charge >= 0.3 is 29.9 Å². The first-order valence-electron chi connectivity index (χ1n) is 9.14. The Morgan fingerprint density at radius 1 is 0.938 bits per heavy atom. The van der Waals surface area contributed by atoms with E-state index in [1.54, 1.807) is 6.92 Å². The Bertz CT molecular complexity index is 733. The van der Waals surface area contributed by atoms with E-state index in [9.17, 15) is 44.3 Å². The van der Waals surface area contributed by atoms with E-state index in [1.807, 2.05) is 0 Å². The molecule has 0 unspecified atom stereocenters. The van der Waals surface area contributed by atoms with Gasteiger partial charge in [0.05, 0.1) is 32.8 Å². The van der Waals surface area contributed by atoms with Crippen molar-refractivity contribution >= 4 is 5.97 Å². The molecule has 1 aromatic carbocycles. The predicted molar refractivity (Wildman–Crippen MR) is 92.9 cm³/mol. The first-order chi connectivity index (χ1) is 14.6. The molecule has 184 valence electrons. The highest BCUT2D eigenvalue weighted by Gasteiger charge is 2.81. The second-order valence-electron chi connectivity index (χ2n) is 6.89. The summed E-state index contributed by atoms with van der Waals surface area (Å²) in [7, 11) is 1.24. The molecular formula is C19H21F9O4. The fourth-order valence-corrected chi connectivity index (χ4v) is 2.35. The summed E-state index contributed by atoms with van der Waals surface area (Å²) in [5, 5.41) is 0. The summed E-state index contributed by atoms with van der Waals surface area (Å²) >= 11 is 0. The van der Waals surface area contributed by atoms with Crippen LogP contribution in [0, 0.1) is 5.92 Å². The molecule has 32 heavy (non-hydrogen) atoms. The fourth-order valence-electron chi connectivity index (χ4n) is 2.35. The summed E-state index contributed by atoms with van der Waals surface area (Å²) < 4.78 is 130. The van der Waals surface area contributed by atoms with Gasteiger partial charge in [0, 0.05) is 6.42 Å². The van der Waals surface area contributed by atoms with Crippen molar-refractivity contribution in [2.24, 2.45) is 5.92 Å². The molecule has 0 heterocycles. The third-order valence-corrected chi connectivity index (χ3v) is 4.28. The van der Waals surface area contributed by atoms with Crippen LogP contribution < -0.4 is 4.74 Å². The van der Waals surface area contributed by atoms with Crippen molar-refractivity contribution in [2.45, 2.75) is 50.3 Å². The molecule has 0 spiro atoms. The molecular weight excluding hydrogens is 463 g/mol. The lowest BCUT2D eigenvalue weighted by Gasteiger charge is -2.33. The summed E-state index contributed by atoms with van der Waals surface area (Å²) in [6.07, 6.45) is -9.69. The van der Waals surface area contributed by atoms with Crippen LogP contribution in [-0.2, 0) is 20.9 Å². The first kappa shape index (κ1) is 27.9. The molecule has 1 aromatic rings. The van der Waals surface area contributed by atoms with Crippen molar-refractivity contribution in [2.75, 3.05) is 20.3 Å². The summed E-state index contributed by atoms with van der Waals surface area (Å²) in [5.74, 6) is -19.9. The number of rotatable bonds is 12. The van der Waals surface area contributed by atoms with E-state index in [0.717, 1.165) is 0 Å². The van der Waals surface area contributed by atoms with Crippen molar-refractivity contribution in [3.8, 4) is 5.75 Å². The summed E-state index contributed by atoms with van der Waals surface area (Å²) in [6, 6.07) is 5.80. The molecule has 0 saturated heterocycles. The molecule has 0 amide bonds. The quantitative estimate of drug-likeness (QED) is 0.219. The van der Waals surface area contributed by atoms with Crippen LogP contribution in [0.25, 0.3) is 0 Å². The number of hydrogen-bond acceptors (Lipinski definition) is 4. The zero-order chi connectivity index (χ0) is 24.8. The van der Waals surface area contributed by atoms with Gasteiger partial charge in [0.15, 0.2) is 0 Å². The molecule has 0 radical (unpaired) electrons. The van der Waals surface area contributed by atoms with Crippen LogP contribution in [0.4, 0.5) is 39.5 Å². The van der Waals surface area contributed by atoms with Crippen molar-refractivity contribution in [3.05, 3.63) is 29.8 Å². The lowest BCUT2D eigenvalue weighted by atomic mass is 10.00. The molecule has 0 aliphatic heterocycles. The molecule has 1 rings (SSSR count). The number of ether oxygens (including phenoxy) is 3. The second kappa shape index (κ2) is 10.6. The number of halogens is 9. The fraction of sp³-hybridized carbons (Fsp3) is 0.632. The molecule has 0 fully saturated rings. The van der Waals surface area contributed by atoms with Gasteiger partial charge in [-0.15, -0.1) is 0 Å². The topological polar surface area (TPSA) is 44.8 Å². The van der Waals surface area contributed by atoms with Gasteiger partial charge in [0.1, 0.15) is 5.75 Å². The normalized spacial score (nSPS) is 14.2. The van der Waals surface area contributed by atoms with Gasteiger partial charge in [0.2, 0.25) is 0 Å². The van der Waals surface area contributed by atoms with Gasteiger partial charge in [-0.05, 0) is 31.0 Å². The molecule has 0 aromatic heterocycles. The Kier molecular flexibility index (Phi) is 9.25. The SMILES string of the molecule is COC(=O)[C@@H](C)COCc1ccc(OCCCC(F)(F)C(F)(F)C(F)(F)C(F)(F)F)cc1. The van der Waals surface area contributed by atoms with E-state index in [1.165, 1.54) is 31.4 Å². The number of methoxy groups -OCH3 is 1. The van der Waals surface area contributed by atoms with Crippen molar-refractivity contribution < 1.29 is 58.5 Å². The molecule has 0 N–H and O–H groups in total. The maximum absolute atomic E-state index is 13.4. The maximum atomic E-state index is 13.4. The molecule has 0 aliphatic rings. The molecule has 0 aliphatic carbocycles. The zero-order valence-electron chi connectivity index (χ0n) is 17.0. The molecule has 4 nitrogen and oxygen atoms in total. The number of carbonyl (C=O) groups is 1. The largest absolute Gasteiger partial charge is 0.494 e. The van der Waals surface area contributed by atoms with Crippen molar-refractivity contribution in [1.82, 2.24) is 0 Å². The van der Waals surface area contributed by atoms with Crippen LogP contribution in [0.15, 0.2) is 24.3 Å². The predicted octanol–water partition coefficient (Wildman–Crippen LogP) is 5.64. The number of carbonyl (C=O) groups excluding carboxylic acids is 1. The number of hydrogen-bond donors (Lipinski definition) is 0. The van der Waals surface area contributed by atoms with E-state index >= 15 is 0 Å². The van der Waals surface area contributed by atoms with Crippen molar-refractivity contribution in [1.29, 1.82) is 0 Å². The average Bonchev–Trinajstić information content (AvgIpc) is 2.70. The van der Waals surface area contributed by atoms with Gasteiger partial charge in [0.25, 0.3) is 0 Å². The zero-order valence-corrected chi connectivity index (χ0v) is 17.0. The van der Waals surface area contributed by atoms with E-state index in [2.05, 4.69) is 4.74 Å². The van der Waals surface area contributed by atoms with Crippen LogP contribution in [0.1, 0.15) is 25.3 Å². The minimum Gasteiger partial charge on any atom is -0.494 e. The van der Waals surface area contributed by atoms with E-state index < -0.39 is 55.3 Å². The van der Waals surface area contributed by atoms with Gasteiger partial charge in [-0.3, -0.25) is 4.79 Å². The summed E-state index contributed by atoms with van der Waals surface area (Å²) in [6.45, 7) is 1.19. The standard InChI is InChI=1S/C19H21F9O4/c1-12(15(29)30-2)10-31-11-13-4-6-14(7-5-13)32-9-3-8-16(20,21)17(22,23)18(24,25)19(26,27)28/h4-7,12H,3,8-11H2,1-2H3/t12-/m0/s1. The van der Waals surface area contributed by atoms with E-state index in [4.69, 9.17) is 9.47 Å². The van der Waals surface area contributed by atoms with Crippen LogP contribution in [0.2, 0.25) is 0 Å².